The Morgan fingerprint density at radius 2 is 1.79 bits per heavy atom. The third-order valence-corrected chi connectivity index (χ3v) is 6.45. The number of hydrogen-bond donors (Lipinski definition) is 2. The van der Waals surface area contributed by atoms with Crippen LogP contribution < -0.4 is 26.8 Å². The highest BCUT2D eigenvalue weighted by molar-refractivity contribution is 7.98. The number of H-pyrrole nitrogens is 1. The lowest BCUT2D eigenvalue weighted by Gasteiger charge is -2.28. The summed E-state index contributed by atoms with van der Waals surface area (Å²) in [6.07, 6.45) is 2.02. The van der Waals surface area contributed by atoms with E-state index in [1.165, 1.54) is 9.47 Å². The smallest absolute Gasteiger partial charge is 0.330 e. The topological polar surface area (TPSA) is 122 Å². The molecule has 3 N–H and O–H groups in total. The number of aromatic amines is 1. The maximum atomic E-state index is 13.7. The highest BCUT2D eigenvalue weighted by Crippen LogP contribution is 2.30. The SMILES string of the molecule is CSc1ccc(N2CC(C(=O)N(CC(C)C)c3c(N)n(CC(C)C)c(=O)[nH]c3=O)CC2=O)cc1. The van der Waals surface area contributed by atoms with Crippen molar-refractivity contribution >= 4 is 40.8 Å². The van der Waals surface area contributed by atoms with Gasteiger partial charge >= 0.3 is 5.69 Å². The zero-order valence-electron chi connectivity index (χ0n) is 20.3. The van der Waals surface area contributed by atoms with Crippen LogP contribution in [0.4, 0.5) is 17.2 Å². The average Bonchev–Trinajstić information content (AvgIpc) is 3.16. The molecule has 1 unspecified atom stereocenters. The molecule has 1 fully saturated rings. The van der Waals surface area contributed by atoms with E-state index in [4.69, 9.17) is 5.73 Å². The highest BCUT2D eigenvalue weighted by Gasteiger charge is 2.39. The Morgan fingerprint density at radius 1 is 1.15 bits per heavy atom. The van der Waals surface area contributed by atoms with Crippen molar-refractivity contribution in [2.45, 2.75) is 45.6 Å². The van der Waals surface area contributed by atoms with Crippen LogP contribution in [0.25, 0.3) is 0 Å². The Kier molecular flexibility index (Phi) is 7.91. The molecule has 184 valence electrons. The van der Waals surface area contributed by atoms with Gasteiger partial charge in [0.15, 0.2) is 5.69 Å². The van der Waals surface area contributed by atoms with Crippen molar-refractivity contribution in [1.29, 1.82) is 0 Å². The molecule has 1 aromatic carbocycles. The lowest BCUT2D eigenvalue weighted by molar-refractivity contribution is -0.124. The fourth-order valence-electron chi connectivity index (χ4n) is 4.15. The zero-order valence-corrected chi connectivity index (χ0v) is 21.1. The molecule has 0 radical (unpaired) electrons. The number of carbonyl (C=O) groups excluding carboxylic acids is 2. The minimum atomic E-state index is -0.703. The van der Waals surface area contributed by atoms with Crippen LogP contribution in [0.3, 0.4) is 0 Å². The number of aromatic nitrogens is 2. The standard InChI is InChI=1S/C24H33N5O4S/c1-14(2)11-28(20-21(25)29(12-15(3)4)24(33)26-22(20)31)23(32)16-10-19(30)27(13-16)17-6-8-18(34-5)9-7-17/h6-9,14-16H,10-13,25H2,1-5H3,(H,26,31,33). The number of carbonyl (C=O) groups is 2. The molecule has 0 spiro atoms. The molecule has 2 heterocycles. The maximum Gasteiger partial charge on any atom is 0.330 e. The average molecular weight is 488 g/mol. The first-order valence-corrected chi connectivity index (χ1v) is 12.6. The van der Waals surface area contributed by atoms with E-state index in [2.05, 4.69) is 4.98 Å². The van der Waals surface area contributed by atoms with E-state index in [0.29, 0.717) is 6.54 Å². The first-order valence-electron chi connectivity index (χ1n) is 11.4. The summed E-state index contributed by atoms with van der Waals surface area (Å²) >= 11 is 1.61. The molecule has 9 nitrogen and oxygen atoms in total. The number of nitrogens with zero attached hydrogens (tertiary/aromatic N) is 3. The minimum absolute atomic E-state index is 0.0283. The molecule has 3 rings (SSSR count). The third kappa shape index (κ3) is 5.38. The van der Waals surface area contributed by atoms with Gasteiger partial charge in [0.25, 0.3) is 5.56 Å². The van der Waals surface area contributed by atoms with Crippen molar-refractivity contribution in [2.24, 2.45) is 17.8 Å². The van der Waals surface area contributed by atoms with Gasteiger partial charge in [-0.25, -0.2) is 4.79 Å². The molecule has 1 aliphatic heterocycles. The minimum Gasteiger partial charge on any atom is -0.383 e. The number of rotatable bonds is 8. The summed E-state index contributed by atoms with van der Waals surface area (Å²) in [7, 11) is 0. The summed E-state index contributed by atoms with van der Waals surface area (Å²) in [5.74, 6) is -1.03. The predicted molar refractivity (Wildman–Crippen MR) is 136 cm³/mol. The van der Waals surface area contributed by atoms with Gasteiger partial charge in [0.1, 0.15) is 5.82 Å². The molecule has 10 heteroatoms. The molecule has 1 saturated heterocycles. The first-order chi connectivity index (χ1) is 16.0. The van der Waals surface area contributed by atoms with Crippen LogP contribution in [0.5, 0.6) is 0 Å². The molecule has 0 bridgehead atoms. The van der Waals surface area contributed by atoms with Gasteiger partial charge in [-0.2, -0.15) is 0 Å². The van der Waals surface area contributed by atoms with Crippen molar-refractivity contribution in [3.8, 4) is 0 Å². The van der Waals surface area contributed by atoms with Crippen molar-refractivity contribution in [3.05, 3.63) is 45.1 Å². The Labute approximate surface area is 203 Å². The molecular formula is C24H33N5O4S. The monoisotopic (exact) mass is 487 g/mol. The summed E-state index contributed by atoms with van der Waals surface area (Å²) in [6.45, 7) is 8.46. The van der Waals surface area contributed by atoms with E-state index in [9.17, 15) is 19.2 Å². The summed E-state index contributed by atoms with van der Waals surface area (Å²) < 4.78 is 1.29. The van der Waals surface area contributed by atoms with Crippen LogP contribution in [0.1, 0.15) is 34.1 Å². The second kappa shape index (κ2) is 10.5. The van der Waals surface area contributed by atoms with E-state index in [1.54, 1.807) is 16.7 Å². The lowest BCUT2D eigenvalue weighted by Crippen LogP contribution is -2.45. The largest absolute Gasteiger partial charge is 0.383 e. The van der Waals surface area contributed by atoms with Crippen LogP contribution in [-0.4, -0.2) is 40.7 Å². The number of nitrogens with two attached hydrogens (primary N) is 1. The van der Waals surface area contributed by atoms with E-state index in [1.807, 2.05) is 58.2 Å². The van der Waals surface area contributed by atoms with Crippen LogP contribution in [-0.2, 0) is 16.1 Å². The van der Waals surface area contributed by atoms with Crippen LogP contribution >= 0.6 is 11.8 Å². The molecule has 34 heavy (non-hydrogen) atoms. The normalized spacial score (nSPS) is 16.0. The quantitative estimate of drug-likeness (QED) is 0.552. The number of nitrogen functional groups attached to an aromatic ring is 1. The van der Waals surface area contributed by atoms with Crippen molar-refractivity contribution in [2.75, 3.05) is 34.9 Å². The number of amides is 2. The fraction of sp³-hybridized carbons (Fsp3) is 0.500. The van der Waals surface area contributed by atoms with E-state index >= 15 is 0 Å². The lowest BCUT2D eigenvalue weighted by atomic mass is 10.1. The van der Waals surface area contributed by atoms with E-state index < -0.39 is 17.2 Å². The van der Waals surface area contributed by atoms with Gasteiger partial charge in [0.2, 0.25) is 11.8 Å². The number of nitrogens with one attached hydrogen (secondary N) is 1. The molecule has 2 aromatic rings. The van der Waals surface area contributed by atoms with Crippen molar-refractivity contribution < 1.29 is 9.59 Å². The van der Waals surface area contributed by atoms with Crippen LogP contribution in [0, 0.1) is 17.8 Å². The molecule has 2 amide bonds. The summed E-state index contributed by atoms with van der Waals surface area (Å²) in [5, 5.41) is 0. The Hall–Kier alpha value is -3.01. The molecule has 1 aliphatic rings. The van der Waals surface area contributed by atoms with E-state index in [-0.39, 0.29) is 54.7 Å². The van der Waals surface area contributed by atoms with Gasteiger partial charge < -0.3 is 15.5 Å². The number of thioether (sulfide) groups is 1. The Balaban J connectivity index is 1.96. The Morgan fingerprint density at radius 3 is 2.35 bits per heavy atom. The molecule has 0 aliphatic carbocycles. The molecule has 1 atom stereocenters. The second-order valence-electron chi connectivity index (χ2n) is 9.44. The Bertz CT molecular complexity index is 1170. The predicted octanol–water partition coefficient (Wildman–Crippen LogP) is 2.54. The number of benzene rings is 1. The molecular weight excluding hydrogens is 454 g/mol. The van der Waals surface area contributed by atoms with Crippen molar-refractivity contribution in [1.82, 2.24) is 9.55 Å². The van der Waals surface area contributed by atoms with Gasteiger partial charge in [0, 0.05) is 36.6 Å². The second-order valence-corrected chi connectivity index (χ2v) is 10.3. The number of anilines is 3. The number of hydrogen-bond acceptors (Lipinski definition) is 6. The maximum absolute atomic E-state index is 13.7. The zero-order chi connectivity index (χ0) is 25.2. The highest BCUT2D eigenvalue weighted by atomic mass is 32.2. The summed E-state index contributed by atoms with van der Waals surface area (Å²) in [5.41, 5.74) is 5.68. The van der Waals surface area contributed by atoms with Gasteiger partial charge in [0.05, 0.1) is 5.92 Å². The fourth-order valence-corrected chi connectivity index (χ4v) is 4.55. The molecule has 1 aromatic heterocycles. The van der Waals surface area contributed by atoms with Crippen LogP contribution in [0.2, 0.25) is 0 Å². The first kappa shape index (κ1) is 25.6. The van der Waals surface area contributed by atoms with Gasteiger partial charge in [-0.1, -0.05) is 27.7 Å². The van der Waals surface area contributed by atoms with Gasteiger partial charge in [-0.3, -0.25) is 23.9 Å². The van der Waals surface area contributed by atoms with Gasteiger partial charge in [-0.15, -0.1) is 11.8 Å². The van der Waals surface area contributed by atoms with Gasteiger partial charge in [-0.05, 0) is 42.4 Å². The third-order valence-electron chi connectivity index (χ3n) is 5.70. The summed E-state index contributed by atoms with van der Waals surface area (Å²) in [6, 6.07) is 7.61. The summed E-state index contributed by atoms with van der Waals surface area (Å²) in [4.78, 5) is 58.0. The van der Waals surface area contributed by atoms with Crippen LogP contribution in [0.15, 0.2) is 38.8 Å². The van der Waals surface area contributed by atoms with Crippen molar-refractivity contribution in [3.63, 3.8) is 0 Å². The van der Waals surface area contributed by atoms with E-state index in [0.717, 1.165) is 10.6 Å². The molecule has 0 saturated carbocycles.